The van der Waals surface area contributed by atoms with Gasteiger partial charge >= 0.3 is 0 Å². The minimum Gasteiger partial charge on any atom is -0.304 e. The van der Waals surface area contributed by atoms with Crippen LogP contribution < -0.4 is 0 Å². The maximum atomic E-state index is 2.66. The van der Waals surface area contributed by atoms with Crippen molar-refractivity contribution in [3.63, 3.8) is 0 Å². The van der Waals surface area contributed by atoms with E-state index >= 15 is 0 Å². The Labute approximate surface area is 101 Å². The Bertz CT molecular complexity index is 167. The highest BCUT2D eigenvalue weighted by Gasteiger charge is 2.20. The first-order valence-corrected chi connectivity index (χ1v) is 7.15. The largest absolute Gasteiger partial charge is 0.304 e. The molecule has 0 aromatic rings. The van der Waals surface area contributed by atoms with Gasteiger partial charge in [0.25, 0.3) is 0 Å². The first-order valence-electron chi connectivity index (χ1n) is 7.15. The number of piperazine rings is 1. The fraction of sp³-hybridized carbons (Fsp3) is 1.00. The molecule has 94 valence electrons. The lowest BCUT2D eigenvalue weighted by atomic mass is 9.81. The molecule has 0 aromatic heterocycles. The van der Waals surface area contributed by atoms with Gasteiger partial charge in [-0.25, -0.2) is 0 Å². The summed E-state index contributed by atoms with van der Waals surface area (Å²) in [6.07, 6.45) is 7.40. The van der Waals surface area contributed by atoms with Gasteiger partial charge in [-0.1, -0.05) is 32.6 Å². The van der Waals surface area contributed by atoms with Crippen LogP contribution >= 0.6 is 0 Å². The van der Waals surface area contributed by atoms with E-state index in [2.05, 4.69) is 23.8 Å². The summed E-state index contributed by atoms with van der Waals surface area (Å²) >= 11 is 0. The summed E-state index contributed by atoms with van der Waals surface area (Å²) in [6.45, 7) is 8.88. The highest BCUT2D eigenvalue weighted by Crippen LogP contribution is 2.30. The van der Waals surface area contributed by atoms with E-state index < -0.39 is 0 Å². The molecule has 0 atom stereocenters. The Balaban J connectivity index is 1.60. The SMILES string of the molecule is CC1CCC(CCN2CCN(C)CC2)CC1. The zero-order chi connectivity index (χ0) is 11.4. The molecule has 2 rings (SSSR count). The van der Waals surface area contributed by atoms with Gasteiger partial charge in [-0.05, 0) is 31.8 Å². The van der Waals surface area contributed by atoms with Crippen molar-refractivity contribution in [1.29, 1.82) is 0 Å². The lowest BCUT2D eigenvalue weighted by Gasteiger charge is -2.34. The molecule has 2 nitrogen and oxygen atoms in total. The van der Waals surface area contributed by atoms with E-state index in [1.54, 1.807) is 0 Å². The van der Waals surface area contributed by atoms with Gasteiger partial charge in [0.05, 0.1) is 0 Å². The molecule has 0 N–H and O–H groups in total. The van der Waals surface area contributed by atoms with Crippen molar-refractivity contribution in [2.75, 3.05) is 39.8 Å². The van der Waals surface area contributed by atoms with Crippen LogP contribution in [0.15, 0.2) is 0 Å². The molecule has 2 fully saturated rings. The fourth-order valence-electron chi connectivity index (χ4n) is 3.05. The summed E-state index contributed by atoms with van der Waals surface area (Å²) in [5, 5.41) is 0. The van der Waals surface area contributed by atoms with Crippen molar-refractivity contribution in [3.05, 3.63) is 0 Å². The molecule has 0 amide bonds. The van der Waals surface area contributed by atoms with Crippen LogP contribution in [-0.2, 0) is 0 Å². The average Bonchev–Trinajstić information content (AvgIpc) is 2.30. The second kappa shape index (κ2) is 6.02. The molecule has 2 aliphatic rings. The van der Waals surface area contributed by atoms with Crippen molar-refractivity contribution in [3.8, 4) is 0 Å². The minimum absolute atomic E-state index is 1.000. The quantitative estimate of drug-likeness (QED) is 0.726. The highest BCUT2D eigenvalue weighted by atomic mass is 15.2. The van der Waals surface area contributed by atoms with Crippen LogP contribution in [0, 0.1) is 11.8 Å². The van der Waals surface area contributed by atoms with E-state index in [-0.39, 0.29) is 0 Å². The third-order valence-electron chi connectivity index (χ3n) is 4.58. The lowest BCUT2D eigenvalue weighted by molar-refractivity contribution is 0.140. The molecule has 0 aromatic carbocycles. The summed E-state index contributed by atoms with van der Waals surface area (Å²) in [5.74, 6) is 2.04. The summed E-state index contributed by atoms with van der Waals surface area (Å²) in [4.78, 5) is 5.11. The van der Waals surface area contributed by atoms with Gasteiger partial charge in [0.1, 0.15) is 0 Å². The molecule has 1 saturated heterocycles. The van der Waals surface area contributed by atoms with E-state index in [0.717, 1.165) is 11.8 Å². The minimum atomic E-state index is 1.000. The summed E-state index contributed by atoms with van der Waals surface area (Å²) in [5.41, 5.74) is 0. The van der Waals surface area contributed by atoms with Gasteiger partial charge in [-0.3, -0.25) is 0 Å². The fourth-order valence-corrected chi connectivity index (χ4v) is 3.05. The van der Waals surface area contributed by atoms with E-state index in [1.807, 2.05) is 0 Å². The Morgan fingerprint density at radius 3 is 2.19 bits per heavy atom. The normalized spacial score (nSPS) is 34.1. The summed E-state index contributed by atoms with van der Waals surface area (Å²) < 4.78 is 0. The molecule has 0 bridgehead atoms. The van der Waals surface area contributed by atoms with E-state index in [4.69, 9.17) is 0 Å². The van der Waals surface area contributed by atoms with E-state index in [0.29, 0.717) is 0 Å². The number of hydrogen-bond donors (Lipinski definition) is 0. The predicted octanol–water partition coefficient (Wildman–Crippen LogP) is 2.45. The highest BCUT2D eigenvalue weighted by molar-refractivity contribution is 4.74. The number of likely N-dealkylation sites (N-methyl/N-ethyl adjacent to an activating group) is 1. The smallest absolute Gasteiger partial charge is 0.0110 e. The summed E-state index contributed by atoms with van der Waals surface area (Å²) in [7, 11) is 2.24. The monoisotopic (exact) mass is 224 g/mol. The Hall–Kier alpha value is -0.0800. The van der Waals surface area contributed by atoms with Gasteiger partial charge in [-0.15, -0.1) is 0 Å². The molecule has 0 spiro atoms. The number of rotatable bonds is 3. The van der Waals surface area contributed by atoms with Crippen LogP contribution in [-0.4, -0.2) is 49.6 Å². The molecule has 1 aliphatic carbocycles. The third-order valence-corrected chi connectivity index (χ3v) is 4.58. The second-order valence-electron chi connectivity index (χ2n) is 6.06. The lowest BCUT2D eigenvalue weighted by Crippen LogP contribution is -2.45. The average molecular weight is 224 g/mol. The van der Waals surface area contributed by atoms with Crippen LogP contribution in [0.2, 0.25) is 0 Å². The standard InChI is InChI=1S/C14H28N2/c1-13-3-5-14(6-4-13)7-8-16-11-9-15(2)10-12-16/h13-14H,3-12H2,1-2H3. The Kier molecular flexibility index (Phi) is 4.66. The van der Waals surface area contributed by atoms with E-state index in [9.17, 15) is 0 Å². The van der Waals surface area contributed by atoms with Crippen LogP contribution in [0.1, 0.15) is 39.0 Å². The molecule has 0 radical (unpaired) electrons. The second-order valence-corrected chi connectivity index (χ2v) is 6.06. The van der Waals surface area contributed by atoms with Crippen molar-refractivity contribution >= 4 is 0 Å². The van der Waals surface area contributed by atoms with Gasteiger partial charge in [-0.2, -0.15) is 0 Å². The van der Waals surface area contributed by atoms with Crippen LogP contribution in [0.5, 0.6) is 0 Å². The van der Waals surface area contributed by atoms with Crippen LogP contribution in [0.3, 0.4) is 0 Å². The topological polar surface area (TPSA) is 6.48 Å². The van der Waals surface area contributed by atoms with Crippen molar-refractivity contribution < 1.29 is 0 Å². The molecule has 2 heteroatoms. The third kappa shape index (κ3) is 3.74. The van der Waals surface area contributed by atoms with Crippen molar-refractivity contribution in [2.24, 2.45) is 11.8 Å². The van der Waals surface area contributed by atoms with Crippen molar-refractivity contribution in [2.45, 2.75) is 39.0 Å². The molecule has 1 heterocycles. The maximum Gasteiger partial charge on any atom is 0.0110 e. The predicted molar refractivity (Wildman–Crippen MR) is 69.7 cm³/mol. The molecule has 16 heavy (non-hydrogen) atoms. The van der Waals surface area contributed by atoms with Crippen LogP contribution in [0.25, 0.3) is 0 Å². The zero-order valence-electron chi connectivity index (χ0n) is 11.1. The molecular weight excluding hydrogens is 196 g/mol. The zero-order valence-corrected chi connectivity index (χ0v) is 11.1. The number of nitrogens with zero attached hydrogens (tertiary/aromatic N) is 2. The summed E-state index contributed by atoms with van der Waals surface area (Å²) in [6, 6.07) is 0. The number of hydrogen-bond acceptors (Lipinski definition) is 2. The van der Waals surface area contributed by atoms with Crippen molar-refractivity contribution in [1.82, 2.24) is 9.80 Å². The maximum absolute atomic E-state index is 2.66. The Morgan fingerprint density at radius 2 is 1.56 bits per heavy atom. The van der Waals surface area contributed by atoms with Gasteiger partial charge in [0.15, 0.2) is 0 Å². The van der Waals surface area contributed by atoms with Gasteiger partial charge < -0.3 is 9.80 Å². The molecular formula is C14H28N2. The van der Waals surface area contributed by atoms with Gasteiger partial charge in [0, 0.05) is 26.2 Å². The van der Waals surface area contributed by atoms with E-state index in [1.165, 1.54) is 64.8 Å². The first kappa shape index (κ1) is 12.4. The van der Waals surface area contributed by atoms with Crippen LogP contribution in [0.4, 0.5) is 0 Å². The Morgan fingerprint density at radius 1 is 0.938 bits per heavy atom. The first-order chi connectivity index (χ1) is 7.74. The molecule has 0 unspecified atom stereocenters. The molecule has 1 aliphatic heterocycles. The molecule has 1 saturated carbocycles. The van der Waals surface area contributed by atoms with Gasteiger partial charge in [0.2, 0.25) is 0 Å².